The zero-order valence-corrected chi connectivity index (χ0v) is 12.5. The molecular weight excluding hydrogens is 252 g/mol. The molecule has 0 N–H and O–H groups in total. The van der Waals surface area contributed by atoms with Crippen LogP contribution < -0.4 is 4.90 Å². The molecule has 0 radical (unpaired) electrons. The van der Waals surface area contributed by atoms with Crippen LogP contribution in [0.3, 0.4) is 0 Å². The first-order valence-corrected chi connectivity index (χ1v) is 7.54. The Morgan fingerprint density at radius 3 is 2.95 bits per heavy atom. The molecule has 0 amide bonds. The van der Waals surface area contributed by atoms with E-state index < -0.39 is 0 Å². The summed E-state index contributed by atoms with van der Waals surface area (Å²) >= 11 is 0. The van der Waals surface area contributed by atoms with Crippen molar-refractivity contribution >= 4 is 5.82 Å². The summed E-state index contributed by atoms with van der Waals surface area (Å²) in [5.41, 5.74) is 1.02. The van der Waals surface area contributed by atoms with E-state index in [0.29, 0.717) is 0 Å². The van der Waals surface area contributed by atoms with E-state index in [1.807, 2.05) is 6.92 Å². The van der Waals surface area contributed by atoms with Crippen molar-refractivity contribution in [2.24, 2.45) is 5.92 Å². The molecule has 20 heavy (non-hydrogen) atoms. The van der Waals surface area contributed by atoms with E-state index in [1.165, 1.54) is 19.4 Å². The van der Waals surface area contributed by atoms with Crippen LogP contribution in [0.4, 0.5) is 5.82 Å². The van der Waals surface area contributed by atoms with Crippen LogP contribution in [0, 0.1) is 12.8 Å². The van der Waals surface area contributed by atoms with Gasteiger partial charge in [-0.15, -0.1) is 0 Å². The lowest BCUT2D eigenvalue weighted by Gasteiger charge is -2.35. The monoisotopic (exact) mass is 276 g/mol. The summed E-state index contributed by atoms with van der Waals surface area (Å²) in [7, 11) is 2.20. The molecule has 0 spiro atoms. The minimum atomic E-state index is 0.280. The van der Waals surface area contributed by atoms with Gasteiger partial charge < -0.3 is 14.5 Å². The van der Waals surface area contributed by atoms with Gasteiger partial charge in [0.1, 0.15) is 12.1 Å². The molecule has 1 saturated heterocycles. The number of hydrogen-bond donors (Lipinski definition) is 0. The maximum Gasteiger partial charge on any atom is 0.132 e. The predicted octanol–water partition coefficient (Wildman–Crippen LogP) is 1.33. The minimum absolute atomic E-state index is 0.280. The molecule has 1 aliphatic heterocycles. The third-order valence-electron chi connectivity index (χ3n) is 4.03. The molecule has 1 saturated carbocycles. The number of anilines is 1. The fraction of sp³-hybridized carbons (Fsp3) is 0.733. The first-order valence-electron chi connectivity index (χ1n) is 7.54. The lowest BCUT2D eigenvalue weighted by atomic mass is 10.2. The van der Waals surface area contributed by atoms with Gasteiger partial charge in [0, 0.05) is 37.9 Å². The Labute approximate surface area is 121 Å². The van der Waals surface area contributed by atoms with Gasteiger partial charge in [0.15, 0.2) is 0 Å². The average molecular weight is 276 g/mol. The Morgan fingerprint density at radius 1 is 1.35 bits per heavy atom. The minimum Gasteiger partial charge on any atom is -0.373 e. The fourth-order valence-corrected chi connectivity index (χ4v) is 2.81. The zero-order chi connectivity index (χ0) is 13.9. The van der Waals surface area contributed by atoms with Gasteiger partial charge in [0.25, 0.3) is 0 Å². The summed E-state index contributed by atoms with van der Waals surface area (Å²) in [6.07, 6.45) is 4.74. The number of nitrogens with zero attached hydrogens (tertiary/aromatic N) is 4. The van der Waals surface area contributed by atoms with Crippen molar-refractivity contribution in [3.05, 3.63) is 18.1 Å². The molecule has 0 unspecified atom stereocenters. The van der Waals surface area contributed by atoms with Crippen molar-refractivity contribution in [1.82, 2.24) is 14.9 Å². The van der Waals surface area contributed by atoms with E-state index in [4.69, 9.17) is 4.74 Å². The molecule has 5 nitrogen and oxygen atoms in total. The maximum atomic E-state index is 5.91. The number of aromatic nitrogens is 2. The summed E-state index contributed by atoms with van der Waals surface area (Å²) in [5, 5.41) is 0. The van der Waals surface area contributed by atoms with Gasteiger partial charge in [-0.3, -0.25) is 0 Å². The Morgan fingerprint density at radius 2 is 2.20 bits per heavy atom. The highest BCUT2D eigenvalue weighted by atomic mass is 16.5. The zero-order valence-electron chi connectivity index (χ0n) is 12.5. The average Bonchev–Trinajstić information content (AvgIpc) is 3.23. The van der Waals surface area contributed by atoms with Crippen LogP contribution in [0.1, 0.15) is 18.5 Å². The van der Waals surface area contributed by atoms with Crippen molar-refractivity contribution in [2.45, 2.75) is 25.9 Å². The van der Waals surface area contributed by atoms with Gasteiger partial charge >= 0.3 is 0 Å². The first-order chi connectivity index (χ1) is 9.70. The lowest BCUT2D eigenvalue weighted by molar-refractivity contribution is 0.0197. The molecule has 1 atom stereocenters. The standard InChI is InChI=1S/C15H24N4O/c1-12-7-15(17-11-16-12)19-5-6-20-14(10-19)9-18(2)8-13-3-4-13/h7,11,13-14H,3-6,8-10H2,1-2H3/t14-/m0/s1. The van der Waals surface area contributed by atoms with Crippen LogP contribution >= 0.6 is 0 Å². The fourth-order valence-electron chi connectivity index (χ4n) is 2.81. The molecule has 1 aromatic heterocycles. The quantitative estimate of drug-likeness (QED) is 0.811. The van der Waals surface area contributed by atoms with E-state index in [2.05, 4.69) is 32.9 Å². The SMILES string of the molecule is Cc1cc(N2CCO[C@@H](CN(C)CC3CC3)C2)ncn1. The first kappa shape index (κ1) is 13.8. The predicted molar refractivity (Wildman–Crippen MR) is 78.9 cm³/mol. The highest BCUT2D eigenvalue weighted by Gasteiger charge is 2.26. The van der Waals surface area contributed by atoms with Crippen LogP contribution in [-0.2, 0) is 4.74 Å². The largest absolute Gasteiger partial charge is 0.373 e. The van der Waals surface area contributed by atoms with Crippen LogP contribution in [-0.4, -0.2) is 60.8 Å². The topological polar surface area (TPSA) is 41.5 Å². The maximum absolute atomic E-state index is 5.91. The van der Waals surface area contributed by atoms with Gasteiger partial charge in [-0.25, -0.2) is 9.97 Å². The van der Waals surface area contributed by atoms with E-state index in [1.54, 1.807) is 6.33 Å². The normalized spacial score (nSPS) is 23.4. The summed E-state index contributed by atoms with van der Waals surface area (Å²) in [4.78, 5) is 13.3. The summed E-state index contributed by atoms with van der Waals surface area (Å²) in [6.45, 7) is 6.85. The number of rotatable bonds is 5. The Balaban J connectivity index is 1.55. The molecule has 110 valence electrons. The van der Waals surface area contributed by atoms with Crippen LogP contribution in [0.15, 0.2) is 12.4 Å². The lowest BCUT2D eigenvalue weighted by Crippen LogP contribution is -2.47. The molecule has 1 aromatic rings. The number of morpholine rings is 1. The summed E-state index contributed by atoms with van der Waals surface area (Å²) in [6, 6.07) is 2.05. The third-order valence-corrected chi connectivity index (χ3v) is 4.03. The molecule has 2 heterocycles. The number of ether oxygens (including phenoxy) is 1. The third kappa shape index (κ3) is 3.67. The second-order valence-electron chi connectivity index (χ2n) is 6.12. The van der Waals surface area contributed by atoms with E-state index in [0.717, 1.165) is 43.7 Å². The highest BCUT2D eigenvalue weighted by Crippen LogP contribution is 2.29. The Hall–Kier alpha value is -1.20. The van der Waals surface area contributed by atoms with Gasteiger partial charge in [-0.1, -0.05) is 0 Å². The highest BCUT2D eigenvalue weighted by molar-refractivity contribution is 5.39. The number of likely N-dealkylation sites (N-methyl/N-ethyl adjacent to an activating group) is 1. The summed E-state index contributed by atoms with van der Waals surface area (Å²) < 4.78 is 5.91. The Bertz CT molecular complexity index is 449. The molecule has 1 aliphatic carbocycles. The van der Waals surface area contributed by atoms with E-state index in [-0.39, 0.29) is 6.10 Å². The number of aryl methyl sites for hydroxylation is 1. The van der Waals surface area contributed by atoms with E-state index in [9.17, 15) is 0 Å². The van der Waals surface area contributed by atoms with Gasteiger partial charge in [-0.05, 0) is 32.7 Å². The molecular formula is C15H24N4O. The van der Waals surface area contributed by atoms with Gasteiger partial charge in [-0.2, -0.15) is 0 Å². The van der Waals surface area contributed by atoms with Crippen molar-refractivity contribution in [1.29, 1.82) is 0 Å². The molecule has 0 bridgehead atoms. The second-order valence-corrected chi connectivity index (χ2v) is 6.12. The second kappa shape index (κ2) is 6.06. The van der Waals surface area contributed by atoms with Crippen LogP contribution in [0.25, 0.3) is 0 Å². The molecule has 5 heteroatoms. The van der Waals surface area contributed by atoms with E-state index >= 15 is 0 Å². The van der Waals surface area contributed by atoms with Crippen molar-refractivity contribution in [3.63, 3.8) is 0 Å². The van der Waals surface area contributed by atoms with Crippen molar-refractivity contribution < 1.29 is 4.74 Å². The van der Waals surface area contributed by atoms with Crippen LogP contribution in [0.2, 0.25) is 0 Å². The molecule has 3 rings (SSSR count). The summed E-state index contributed by atoms with van der Waals surface area (Å²) in [5.74, 6) is 1.96. The van der Waals surface area contributed by atoms with Crippen molar-refractivity contribution in [2.75, 3.05) is 44.7 Å². The molecule has 2 aliphatic rings. The van der Waals surface area contributed by atoms with Crippen LogP contribution in [0.5, 0.6) is 0 Å². The number of hydrogen-bond acceptors (Lipinski definition) is 5. The molecule has 2 fully saturated rings. The van der Waals surface area contributed by atoms with Gasteiger partial charge in [0.05, 0.1) is 12.7 Å². The Kier molecular flexibility index (Phi) is 4.17. The molecule has 0 aromatic carbocycles. The smallest absolute Gasteiger partial charge is 0.132 e. The van der Waals surface area contributed by atoms with Crippen molar-refractivity contribution in [3.8, 4) is 0 Å². The van der Waals surface area contributed by atoms with Gasteiger partial charge in [0.2, 0.25) is 0 Å².